The summed E-state index contributed by atoms with van der Waals surface area (Å²) in [6, 6.07) is 10.7. The minimum absolute atomic E-state index is 0. The number of carboxylic acid groups (broad SMARTS) is 1. The van der Waals surface area contributed by atoms with Gasteiger partial charge in [0.15, 0.2) is 0 Å². The van der Waals surface area contributed by atoms with E-state index in [2.05, 4.69) is 15.0 Å². The molecular weight excluding hydrogens is 517 g/mol. The second kappa shape index (κ2) is 12.7. The van der Waals surface area contributed by atoms with Crippen molar-refractivity contribution in [1.82, 2.24) is 19.4 Å². The van der Waals surface area contributed by atoms with Crippen molar-refractivity contribution in [2.24, 2.45) is 11.8 Å². The molecule has 0 aliphatic heterocycles. The number of aryl methyl sites for hydroxylation is 1. The first kappa shape index (κ1) is 28.8. The zero-order chi connectivity index (χ0) is 25.9. The molecule has 1 fully saturated rings. The average Bonchev–Trinajstić information content (AvgIpc) is 3.20. The first-order chi connectivity index (χ1) is 17.9. The maximum Gasteiger partial charge on any atom is 1.00 e. The van der Waals surface area contributed by atoms with E-state index >= 15 is 0 Å². The molecule has 0 amide bonds. The number of carbonyl (C=O) groups is 1. The molecule has 5 rings (SSSR count). The minimum Gasteiger partial charge on any atom is -1.00 e. The number of para-hydroxylation sites is 1. The number of hydrogen-bond acceptors (Lipinski definition) is 5. The fourth-order valence-corrected chi connectivity index (χ4v) is 5.12. The van der Waals surface area contributed by atoms with Crippen molar-refractivity contribution in [3.8, 4) is 16.9 Å². The molecule has 3 heterocycles. The Hall–Kier alpha value is -2.24. The number of aliphatic carboxylic acids is 1. The Kier molecular flexibility index (Phi) is 9.64. The van der Waals surface area contributed by atoms with Crippen LogP contribution in [-0.2, 0) is 17.6 Å². The Morgan fingerprint density at radius 1 is 1.11 bits per heavy atom. The van der Waals surface area contributed by atoms with Gasteiger partial charge in [0.1, 0.15) is 17.2 Å². The second-order valence-electron chi connectivity index (χ2n) is 9.60. The maximum atomic E-state index is 12.9. The van der Waals surface area contributed by atoms with Crippen LogP contribution in [0, 0.1) is 18.8 Å². The predicted molar refractivity (Wildman–Crippen MR) is 135 cm³/mol. The third kappa shape index (κ3) is 6.66. The fourth-order valence-electron chi connectivity index (χ4n) is 5.12. The van der Waals surface area contributed by atoms with E-state index in [1.165, 1.54) is 0 Å². The Morgan fingerprint density at radius 3 is 2.50 bits per heavy atom. The summed E-state index contributed by atoms with van der Waals surface area (Å²) in [6.07, 6.45) is 9.90. The zero-order valence-corrected chi connectivity index (χ0v) is 24.6. The molecule has 0 saturated heterocycles. The van der Waals surface area contributed by atoms with E-state index in [-0.39, 0.29) is 64.5 Å². The molecule has 0 radical (unpaired) electrons. The number of halogens is 2. The van der Waals surface area contributed by atoms with Crippen LogP contribution in [0.2, 0.25) is 0 Å². The van der Waals surface area contributed by atoms with Crippen LogP contribution in [-0.4, -0.2) is 37.0 Å². The van der Waals surface area contributed by atoms with Crippen LogP contribution in [0.5, 0.6) is 5.75 Å². The largest absolute Gasteiger partial charge is 1.00 e. The van der Waals surface area contributed by atoms with Crippen LogP contribution in [0.15, 0.2) is 55.0 Å². The van der Waals surface area contributed by atoms with Crippen molar-refractivity contribution >= 4 is 11.6 Å². The Bertz CT molecular complexity index is 1410. The number of nitrogens with zero attached hydrogens (tertiary/aromatic N) is 4. The number of alkyl halides is 2. The van der Waals surface area contributed by atoms with Crippen LogP contribution >= 0.6 is 0 Å². The molecule has 3 aromatic heterocycles. The van der Waals surface area contributed by atoms with Gasteiger partial charge >= 0.3 is 64.0 Å². The van der Waals surface area contributed by atoms with Crippen LogP contribution in [0.4, 0.5) is 8.78 Å². The van der Waals surface area contributed by atoms with Gasteiger partial charge in [-0.05, 0) is 56.7 Å². The molecule has 38 heavy (non-hydrogen) atoms. The summed E-state index contributed by atoms with van der Waals surface area (Å²) in [7, 11) is 0. The molecule has 0 spiro atoms. The number of pyridine rings is 1. The summed E-state index contributed by atoms with van der Waals surface area (Å²) in [5.74, 6) is 0.405. The molecule has 7 nitrogen and oxygen atoms in total. The molecule has 0 atom stereocenters. The quantitative estimate of drug-likeness (QED) is 0.342. The smallest absolute Gasteiger partial charge is 1.00 e. The minimum atomic E-state index is -2.89. The summed E-state index contributed by atoms with van der Waals surface area (Å²) >= 11 is 0. The SMILES string of the molecule is Cc1nc2ccc(-c3cnc(CC4CCC(C(=O)O)CC4)nc3)cn2c1Cc1ccccc1OC(F)F.[H-].[K+]. The van der Waals surface area contributed by atoms with E-state index in [4.69, 9.17) is 4.74 Å². The third-order valence-corrected chi connectivity index (χ3v) is 7.17. The first-order valence-corrected chi connectivity index (χ1v) is 12.4. The van der Waals surface area contributed by atoms with Crippen LogP contribution < -0.4 is 56.1 Å². The third-order valence-electron chi connectivity index (χ3n) is 7.17. The van der Waals surface area contributed by atoms with Crippen molar-refractivity contribution in [3.05, 3.63) is 77.8 Å². The van der Waals surface area contributed by atoms with Gasteiger partial charge in [0.25, 0.3) is 0 Å². The van der Waals surface area contributed by atoms with E-state index in [0.29, 0.717) is 30.7 Å². The molecular formula is C28H29F2KN4O3. The van der Waals surface area contributed by atoms with Crippen LogP contribution in [0.25, 0.3) is 16.8 Å². The standard InChI is InChI=1S/C28H28F2N4O3.K.H/c1-17-23(13-20-4-2-3-5-24(20)37-28(29)30)34-16-21(10-11-26(34)33-17)22-14-31-25(32-15-22)12-18-6-8-19(9-7-18)27(35)36;;/h2-5,10-11,14-16,18-19,28H,6-9,12-13H2,1H3,(H,35,36);;/q;+1;-1. The van der Waals surface area contributed by atoms with Gasteiger partial charge in [0, 0.05) is 53.8 Å². The number of ether oxygens (including phenoxy) is 1. The second-order valence-corrected chi connectivity index (χ2v) is 9.60. The van der Waals surface area contributed by atoms with E-state index in [1.807, 2.05) is 42.0 Å². The van der Waals surface area contributed by atoms with Gasteiger partial charge < -0.3 is 15.7 Å². The van der Waals surface area contributed by atoms with Gasteiger partial charge in [0.2, 0.25) is 0 Å². The molecule has 0 bridgehead atoms. The number of fused-ring (bicyclic) bond motifs is 1. The number of hydrogen-bond donors (Lipinski definition) is 1. The number of aromatic nitrogens is 4. The van der Waals surface area contributed by atoms with Crippen molar-refractivity contribution in [2.45, 2.75) is 52.1 Å². The molecule has 1 aliphatic carbocycles. The molecule has 1 aromatic carbocycles. The van der Waals surface area contributed by atoms with Crippen LogP contribution in [0.1, 0.15) is 49.9 Å². The summed E-state index contributed by atoms with van der Waals surface area (Å²) < 4.78 is 32.5. The monoisotopic (exact) mass is 546 g/mol. The van der Waals surface area contributed by atoms with Crippen molar-refractivity contribution in [3.63, 3.8) is 0 Å². The maximum absolute atomic E-state index is 12.9. The Labute approximate surface area is 263 Å². The molecule has 1 N–H and O–H groups in total. The first-order valence-electron chi connectivity index (χ1n) is 12.4. The summed E-state index contributed by atoms with van der Waals surface area (Å²) in [5.41, 5.74) is 4.89. The van der Waals surface area contributed by atoms with E-state index in [1.54, 1.807) is 24.3 Å². The molecule has 1 saturated carbocycles. The summed E-state index contributed by atoms with van der Waals surface area (Å²) in [6.45, 7) is -0.987. The van der Waals surface area contributed by atoms with Crippen LogP contribution in [0.3, 0.4) is 0 Å². The van der Waals surface area contributed by atoms with Gasteiger partial charge in [0.05, 0.1) is 11.6 Å². The van der Waals surface area contributed by atoms with E-state index < -0.39 is 12.6 Å². The number of carboxylic acids is 1. The number of rotatable bonds is 8. The topological polar surface area (TPSA) is 89.6 Å². The molecule has 0 unspecified atom stereocenters. The zero-order valence-electron chi connectivity index (χ0n) is 22.5. The Balaban J connectivity index is 0.00000210. The predicted octanol–water partition coefficient (Wildman–Crippen LogP) is 2.84. The van der Waals surface area contributed by atoms with Gasteiger partial charge in [-0.2, -0.15) is 8.78 Å². The van der Waals surface area contributed by atoms with Crippen molar-refractivity contribution in [2.75, 3.05) is 0 Å². The molecule has 1 aliphatic rings. The normalized spacial score (nSPS) is 17.4. The summed E-state index contributed by atoms with van der Waals surface area (Å²) in [5, 5.41) is 9.19. The average molecular weight is 547 g/mol. The molecule has 194 valence electrons. The van der Waals surface area contributed by atoms with Gasteiger partial charge in [-0.25, -0.2) is 15.0 Å². The summed E-state index contributed by atoms with van der Waals surface area (Å²) in [4.78, 5) is 25.0. The fraction of sp³-hybridized carbons (Fsp3) is 0.357. The van der Waals surface area contributed by atoms with E-state index in [9.17, 15) is 18.7 Å². The number of benzene rings is 1. The molecule has 10 heteroatoms. The van der Waals surface area contributed by atoms with Crippen molar-refractivity contribution in [1.29, 1.82) is 0 Å². The van der Waals surface area contributed by atoms with Gasteiger partial charge in [-0.3, -0.25) is 4.79 Å². The van der Waals surface area contributed by atoms with Crippen molar-refractivity contribution < 1.29 is 76.2 Å². The molecule has 4 aromatic rings. The van der Waals surface area contributed by atoms with Gasteiger partial charge in [-0.15, -0.1) is 0 Å². The van der Waals surface area contributed by atoms with E-state index in [0.717, 1.165) is 53.2 Å². The van der Waals surface area contributed by atoms with Gasteiger partial charge in [-0.1, -0.05) is 18.2 Å². The number of imidazole rings is 1. The Morgan fingerprint density at radius 2 is 1.82 bits per heavy atom.